The minimum absolute atomic E-state index is 0.0320. The Morgan fingerprint density at radius 3 is 2.36 bits per heavy atom. The van der Waals surface area contributed by atoms with Crippen molar-refractivity contribution in [3.05, 3.63) is 92.4 Å². The molecule has 0 atom stereocenters. The molecule has 7 heteroatoms. The lowest BCUT2D eigenvalue weighted by atomic mass is 9.87. The number of amides is 1. The van der Waals surface area contributed by atoms with E-state index < -0.39 is 0 Å². The number of ether oxygens (including phenoxy) is 2. The maximum atomic E-state index is 12.4. The van der Waals surface area contributed by atoms with Gasteiger partial charge in [-0.2, -0.15) is 5.10 Å². The predicted octanol–water partition coefficient (Wildman–Crippen LogP) is 6.75. The summed E-state index contributed by atoms with van der Waals surface area (Å²) in [5, 5.41) is 4.76. The van der Waals surface area contributed by atoms with Gasteiger partial charge in [0.15, 0.2) is 11.5 Å². The second kappa shape index (κ2) is 10.9. The molecule has 0 aliphatic heterocycles. The third-order valence-corrected chi connectivity index (χ3v) is 5.78. The fourth-order valence-corrected chi connectivity index (χ4v) is 3.74. The molecule has 0 radical (unpaired) electrons. The van der Waals surface area contributed by atoms with Crippen LogP contribution in [0.5, 0.6) is 11.5 Å². The van der Waals surface area contributed by atoms with Gasteiger partial charge in [0.1, 0.15) is 6.61 Å². The molecule has 33 heavy (non-hydrogen) atoms. The van der Waals surface area contributed by atoms with Crippen molar-refractivity contribution < 1.29 is 14.3 Å². The number of hydrogen-bond acceptors (Lipinski definition) is 4. The number of halogens is 2. The van der Waals surface area contributed by atoms with Gasteiger partial charge in [-0.3, -0.25) is 4.79 Å². The molecule has 5 nitrogen and oxygen atoms in total. The molecule has 1 N–H and O–H groups in total. The van der Waals surface area contributed by atoms with Crippen molar-refractivity contribution in [3.63, 3.8) is 0 Å². The van der Waals surface area contributed by atoms with E-state index in [1.54, 1.807) is 31.5 Å². The average Bonchev–Trinajstić information content (AvgIpc) is 2.78. The fourth-order valence-electron chi connectivity index (χ4n) is 3.04. The summed E-state index contributed by atoms with van der Waals surface area (Å²) in [6.07, 6.45) is 1.55. The van der Waals surface area contributed by atoms with E-state index in [1.165, 1.54) is 0 Å². The summed E-state index contributed by atoms with van der Waals surface area (Å²) in [6.45, 7) is 6.76. The molecule has 0 fully saturated rings. The van der Waals surface area contributed by atoms with Gasteiger partial charge in [0.05, 0.1) is 17.8 Å². The van der Waals surface area contributed by atoms with Crippen LogP contribution >= 0.6 is 27.5 Å². The highest BCUT2D eigenvalue weighted by Gasteiger charge is 2.14. The lowest BCUT2D eigenvalue weighted by Crippen LogP contribution is -2.18. The zero-order valence-corrected chi connectivity index (χ0v) is 21.3. The van der Waals surface area contributed by atoms with Crippen molar-refractivity contribution in [3.8, 4) is 11.5 Å². The van der Waals surface area contributed by atoms with E-state index in [2.05, 4.69) is 47.2 Å². The third-order valence-electron chi connectivity index (χ3n) is 4.94. The van der Waals surface area contributed by atoms with Crippen LogP contribution in [0.4, 0.5) is 0 Å². The number of benzene rings is 3. The van der Waals surface area contributed by atoms with Crippen molar-refractivity contribution in [2.24, 2.45) is 5.10 Å². The molecule has 0 aliphatic carbocycles. The van der Waals surface area contributed by atoms with Crippen LogP contribution in [-0.2, 0) is 12.0 Å². The minimum atomic E-state index is -0.277. The van der Waals surface area contributed by atoms with Crippen LogP contribution in [0.25, 0.3) is 0 Å². The van der Waals surface area contributed by atoms with Gasteiger partial charge in [0, 0.05) is 10.6 Å². The topological polar surface area (TPSA) is 59.9 Å². The summed E-state index contributed by atoms with van der Waals surface area (Å²) in [5.41, 5.74) is 6.02. The molecule has 0 saturated heterocycles. The number of carbonyl (C=O) groups excluding carboxylic acids is 1. The number of methoxy groups -OCH3 is 1. The quantitative estimate of drug-likeness (QED) is 0.272. The molecule has 172 valence electrons. The summed E-state index contributed by atoms with van der Waals surface area (Å²) < 4.78 is 12.1. The molecule has 1 amide bonds. The summed E-state index contributed by atoms with van der Waals surface area (Å²) in [7, 11) is 1.57. The molecule has 0 bridgehead atoms. The van der Waals surface area contributed by atoms with E-state index in [4.69, 9.17) is 21.1 Å². The fraction of sp³-hybridized carbons (Fsp3) is 0.231. The van der Waals surface area contributed by atoms with Gasteiger partial charge in [-0.15, -0.1) is 0 Å². The highest BCUT2D eigenvalue weighted by Crippen LogP contribution is 2.37. The lowest BCUT2D eigenvalue weighted by Gasteiger charge is -2.18. The van der Waals surface area contributed by atoms with E-state index in [0.29, 0.717) is 33.2 Å². The van der Waals surface area contributed by atoms with Crippen molar-refractivity contribution in [1.29, 1.82) is 0 Å². The number of nitrogens with zero attached hydrogens (tertiary/aromatic N) is 1. The molecule has 0 spiro atoms. The van der Waals surface area contributed by atoms with Gasteiger partial charge in [0.2, 0.25) is 0 Å². The lowest BCUT2D eigenvalue weighted by molar-refractivity contribution is 0.0955. The zero-order chi connectivity index (χ0) is 24.0. The Bertz CT molecular complexity index is 1140. The van der Waals surface area contributed by atoms with Crippen LogP contribution in [0.3, 0.4) is 0 Å². The number of hydrogen-bond donors (Lipinski definition) is 1. The first-order valence-corrected chi connectivity index (χ1v) is 11.5. The largest absolute Gasteiger partial charge is 0.493 e. The van der Waals surface area contributed by atoms with Crippen LogP contribution in [0.15, 0.2) is 70.2 Å². The first-order valence-electron chi connectivity index (χ1n) is 10.4. The second-order valence-corrected chi connectivity index (χ2v) is 9.77. The summed E-state index contributed by atoms with van der Waals surface area (Å²) >= 11 is 9.46. The molecule has 3 aromatic rings. The SMILES string of the molecule is COc1cc(/C=N\NC(=O)c2ccc(C(C)(C)C)cc2)cc(Br)c1OCc1ccc(Cl)cc1. The average molecular weight is 530 g/mol. The molecule has 0 aromatic heterocycles. The summed E-state index contributed by atoms with van der Waals surface area (Å²) in [4.78, 5) is 12.4. The highest BCUT2D eigenvalue weighted by atomic mass is 79.9. The van der Waals surface area contributed by atoms with Crippen molar-refractivity contribution in [2.75, 3.05) is 7.11 Å². The van der Waals surface area contributed by atoms with Crippen LogP contribution < -0.4 is 14.9 Å². The van der Waals surface area contributed by atoms with Gasteiger partial charge in [-0.05, 0) is 74.4 Å². The molecule has 0 heterocycles. The van der Waals surface area contributed by atoms with Crippen LogP contribution in [-0.4, -0.2) is 19.2 Å². The zero-order valence-electron chi connectivity index (χ0n) is 19.0. The van der Waals surface area contributed by atoms with Crippen molar-refractivity contribution in [1.82, 2.24) is 5.43 Å². The normalized spacial score (nSPS) is 11.5. The molecule has 0 unspecified atom stereocenters. The minimum Gasteiger partial charge on any atom is -0.493 e. The van der Waals surface area contributed by atoms with Crippen LogP contribution in [0.1, 0.15) is 47.8 Å². The Morgan fingerprint density at radius 1 is 1.09 bits per heavy atom. The molecule has 0 aliphatic rings. The smallest absolute Gasteiger partial charge is 0.271 e. The Morgan fingerprint density at radius 2 is 1.76 bits per heavy atom. The van der Waals surface area contributed by atoms with Crippen LogP contribution in [0, 0.1) is 0 Å². The van der Waals surface area contributed by atoms with Crippen molar-refractivity contribution >= 4 is 39.7 Å². The molecular formula is C26H26BrClN2O3. The van der Waals surface area contributed by atoms with Crippen molar-refractivity contribution in [2.45, 2.75) is 32.8 Å². The second-order valence-electron chi connectivity index (χ2n) is 8.48. The Kier molecular flexibility index (Phi) is 8.16. The summed E-state index contributed by atoms with van der Waals surface area (Å²) in [6, 6.07) is 18.6. The number of rotatable bonds is 7. The molecule has 3 rings (SSSR count). The summed E-state index contributed by atoms with van der Waals surface area (Å²) in [5.74, 6) is 0.845. The van der Waals surface area contributed by atoms with Gasteiger partial charge in [-0.25, -0.2) is 5.43 Å². The van der Waals surface area contributed by atoms with Gasteiger partial charge < -0.3 is 9.47 Å². The highest BCUT2D eigenvalue weighted by molar-refractivity contribution is 9.10. The molecular weight excluding hydrogens is 504 g/mol. The van der Waals surface area contributed by atoms with E-state index in [9.17, 15) is 4.79 Å². The molecule has 3 aromatic carbocycles. The maximum absolute atomic E-state index is 12.4. The monoisotopic (exact) mass is 528 g/mol. The van der Waals surface area contributed by atoms with E-state index in [-0.39, 0.29) is 11.3 Å². The first kappa shape index (κ1) is 24.8. The van der Waals surface area contributed by atoms with Gasteiger partial charge in [-0.1, -0.05) is 56.6 Å². The van der Waals surface area contributed by atoms with Crippen LogP contribution in [0.2, 0.25) is 5.02 Å². The molecule has 0 saturated carbocycles. The predicted molar refractivity (Wildman–Crippen MR) is 137 cm³/mol. The third kappa shape index (κ3) is 6.83. The van der Waals surface area contributed by atoms with E-state index in [0.717, 1.165) is 16.7 Å². The maximum Gasteiger partial charge on any atom is 0.271 e. The first-order chi connectivity index (χ1) is 15.7. The number of carbonyl (C=O) groups is 1. The van der Waals surface area contributed by atoms with E-state index in [1.807, 2.05) is 42.5 Å². The van der Waals surface area contributed by atoms with Gasteiger partial charge >= 0.3 is 0 Å². The number of hydrazone groups is 1. The standard InChI is InChI=1S/C26H26BrClN2O3/c1-26(2,3)20-9-7-19(8-10-20)25(31)30-29-15-18-13-22(27)24(23(14-18)32-4)33-16-17-5-11-21(28)12-6-17/h5-15H,16H2,1-4H3,(H,30,31)/b29-15-. The Labute approximate surface area is 207 Å². The van der Waals surface area contributed by atoms with Gasteiger partial charge in [0.25, 0.3) is 5.91 Å². The Balaban J connectivity index is 1.66. The number of nitrogens with one attached hydrogen (secondary N) is 1. The van der Waals surface area contributed by atoms with E-state index >= 15 is 0 Å². The Hall–Kier alpha value is -2.83.